The van der Waals surface area contributed by atoms with Gasteiger partial charge in [0.1, 0.15) is 0 Å². The fraction of sp³-hybridized carbons (Fsp3) is 0.938. The fourth-order valence-corrected chi connectivity index (χ4v) is 3.35. The summed E-state index contributed by atoms with van der Waals surface area (Å²) in [6.07, 6.45) is 11.5. The average molecular weight is 409 g/mol. The molecule has 2 saturated carbocycles. The van der Waals surface area contributed by atoms with Crippen molar-refractivity contribution in [2.75, 3.05) is 19.8 Å². The van der Waals surface area contributed by atoms with Crippen LogP contribution in [0.4, 0.5) is 0 Å². The van der Waals surface area contributed by atoms with Crippen molar-refractivity contribution in [2.24, 2.45) is 16.1 Å². The maximum absolute atomic E-state index is 6.05. The number of hydrogen-bond acceptors (Lipinski definition) is 2. The third-order valence-corrected chi connectivity index (χ3v) is 4.94. The summed E-state index contributed by atoms with van der Waals surface area (Å²) in [6.45, 7) is 4.59. The van der Waals surface area contributed by atoms with Crippen molar-refractivity contribution in [3.63, 3.8) is 0 Å². The van der Waals surface area contributed by atoms with E-state index in [0.717, 1.165) is 26.2 Å². The van der Waals surface area contributed by atoms with Crippen LogP contribution in [-0.2, 0) is 4.74 Å². The van der Waals surface area contributed by atoms with Gasteiger partial charge in [0.15, 0.2) is 5.96 Å². The van der Waals surface area contributed by atoms with Gasteiger partial charge in [0.05, 0.1) is 0 Å². The van der Waals surface area contributed by atoms with Crippen molar-refractivity contribution >= 4 is 29.9 Å². The van der Waals surface area contributed by atoms with Gasteiger partial charge in [0, 0.05) is 25.8 Å². The summed E-state index contributed by atoms with van der Waals surface area (Å²) in [5, 5.41) is 3.40. The monoisotopic (exact) mass is 409 g/mol. The van der Waals surface area contributed by atoms with Crippen LogP contribution in [0.2, 0.25) is 0 Å². The highest BCUT2D eigenvalue weighted by Crippen LogP contribution is 2.44. The molecule has 0 aromatic heterocycles. The van der Waals surface area contributed by atoms with Gasteiger partial charge < -0.3 is 15.8 Å². The van der Waals surface area contributed by atoms with Crippen LogP contribution in [-0.4, -0.2) is 31.8 Å². The Bertz CT molecular complexity index is 313. The molecule has 0 amide bonds. The van der Waals surface area contributed by atoms with Crippen LogP contribution in [0.25, 0.3) is 0 Å². The Morgan fingerprint density at radius 1 is 1.24 bits per heavy atom. The Balaban J connectivity index is 0.00000220. The first-order chi connectivity index (χ1) is 9.74. The lowest BCUT2D eigenvalue weighted by atomic mass is 9.67. The predicted octanol–water partition coefficient (Wildman–Crippen LogP) is 3.44. The molecular formula is C16H32IN3O. The van der Waals surface area contributed by atoms with Gasteiger partial charge in [-0.05, 0) is 44.4 Å². The molecule has 0 saturated heterocycles. The second kappa shape index (κ2) is 9.87. The van der Waals surface area contributed by atoms with E-state index in [-0.39, 0.29) is 24.0 Å². The molecule has 0 heterocycles. The zero-order chi connectivity index (χ0) is 14.3. The Kier molecular flexibility index (Phi) is 8.94. The van der Waals surface area contributed by atoms with Gasteiger partial charge in [-0.2, -0.15) is 0 Å². The molecule has 4 nitrogen and oxygen atoms in total. The number of ether oxygens (including phenoxy) is 1. The number of nitrogens with one attached hydrogen (secondary N) is 1. The topological polar surface area (TPSA) is 59.6 Å². The summed E-state index contributed by atoms with van der Waals surface area (Å²) in [5.74, 6) is 0.652. The van der Waals surface area contributed by atoms with Crippen molar-refractivity contribution in [3.05, 3.63) is 0 Å². The lowest BCUT2D eigenvalue weighted by Gasteiger charge is -2.41. The maximum Gasteiger partial charge on any atom is 0.188 e. The van der Waals surface area contributed by atoms with E-state index in [2.05, 4.69) is 17.2 Å². The Labute approximate surface area is 146 Å². The van der Waals surface area contributed by atoms with Gasteiger partial charge >= 0.3 is 0 Å². The zero-order valence-electron chi connectivity index (χ0n) is 13.4. The molecule has 3 N–H and O–H groups in total. The second-order valence-corrected chi connectivity index (χ2v) is 6.48. The fourth-order valence-electron chi connectivity index (χ4n) is 3.35. The van der Waals surface area contributed by atoms with Crippen molar-refractivity contribution in [3.8, 4) is 0 Å². The largest absolute Gasteiger partial charge is 0.382 e. The summed E-state index contributed by atoms with van der Waals surface area (Å²) >= 11 is 0. The Morgan fingerprint density at radius 3 is 2.52 bits per heavy atom. The molecule has 0 aromatic rings. The van der Waals surface area contributed by atoms with Crippen LogP contribution in [0.5, 0.6) is 0 Å². The smallest absolute Gasteiger partial charge is 0.188 e. The molecule has 2 rings (SSSR count). The van der Waals surface area contributed by atoms with Crippen molar-refractivity contribution in [1.29, 1.82) is 0 Å². The highest BCUT2D eigenvalue weighted by atomic mass is 127. The number of hydrogen-bond donors (Lipinski definition) is 2. The molecule has 0 bridgehead atoms. The quantitative estimate of drug-likeness (QED) is 0.293. The van der Waals surface area contributed by atoms with Crippen LogP contribution in [0.1, 0.15) is 64.7 Å². The first-order valence-electron chi connectivity index (χ1n) is 8.38. The molecule has 2 aliphatic carbocycles. The predicted molar refractivity (Wildman–Crippen MR) is 99.3 cm³/mol. The van der Waals surface area contributed by atoms with Gasteiger partial charge in [-0.1, -0.05) is 25.7 Å². The highest BCUT2D eigenvalue weighted by Gasteiger charge is 2.36. The van der Waals surface area contributed by atoms with Gasteiger partial charge in [-0.15, -0.1) is 24.0 Å². The zero-order valence-corrected chi connectivity index (χ0v) is 15.7. The number of nitrogens with two attached hydrogens (primary N) is 1. The molecule has 0 unspecified atom stereocenters. The molecule has 2 aliphatic rings. The van der Waals surface area contributed by atoms with Gasteiger partial charge in [-0.3, -0.25) is 4.99 Å². The van der Waals surface area contributed by atoms with Crippen LogP contribution in [0.3, 0.4) is 0 Å². The third-order valence-electron chi connectivity index (χ3n) is 4.94. The third kappa shape index (κ3) is 6.30. The maximum atomic E-state index is 6.05. The van der Waals surface area contributed by atoms with Gasteiger partial charge in [-0.25, -0.2) is 0 Å². The minimum absolute atomic E-state index is 0. The molecule has 0 atom stereocenters. The first kappa shape index (κ1) is 19.0. The first-order valence-corrected chi connectivity index (χ1v) is 8.38. The minimum atomic E-state index is 0. The second-order valence-electron chi connectivity index (χ2n) is 6.48. The molecule has 2 fully saturated rings. The van der Waals surface area contributed by atoms with Crippen molar-refractivity contribution in [2.45, 2.75) is 70.8 Å². The number of rotatable bonds is 7. The van der Waals surface area contributed by atoms with Crippen molar-refractivity contribution < 1.29 is 4.74 Å². The Morgan fingerprint density at radius 2 is 1.95 bits per heavy atom. The number of aliphatic imine (C=N–C) groups is 1. The molecule has 0 aliphatic heterocycles. The van der Waals surface area contributed by atoms with E-state index in [1.165, 1.54) is 51.4 Å². The van der Waals surface area contributed by atoms with Crippen molar-refractivity contribution in [1.82, 2.24) is 5.32 Å². The number of halogens is 1. The van der Waals surface area contributed by atoms with Gasteiger partial charge in [0.25, 0.3) is 0 Å². The average Bonchev–Trinajstić information content (AvgIpc) is 2.42. The van der Waals surface area contributed by atoms with Crippen LogP contribution in [0, 0.1) is 5.41 Å². The minimum Gasteiger partial charge on any atom is -0.382 e. The summed E-state index contributed by atoms with van der Waals surface area (Å²) in [5.41, 5.74) is 6.42. The standard InChI is InChI=1S/C16H31N3O.HI/c1-2-20-12-11-16(9-6-10-16)13-18-15(17)19-14-7-4-3-5-8-14;/h14H,2-13H2,1H3,(H3,17,18,19);1H. The lowest BCUT2D eigenvalue weighted by Crippen LogP contribution is -2.42. The summed E-state index contributed by atoms with van der Waals surface area (Å²) in [6, 6.07) is 0.549. The summed E-state index contributed by atoms with van der Waals surface area (Å²) in [4.78, 5) is 4.62. The van der Waals surface area contributed by atoms with E-state index in [0.29, 0.717) is 17.4 Å². The molecule has 0 spiro atoms. The van der Waals surface area contributed by atoms with E-state index >= 15 is 0 Å². The highest BCUT2D eigenvalue weighted by molar-refractivity contribution is 14.0. The van der Waals surface area contributed by atoms with Gasteiger partial charge in [0.2, 0.25) is 0 Å². The number of nitrogens with zero attached hydrogens (tertiary/aromatic N) is 1. The normalized spacial score (nSPS) is 22.2. The van der Waals surface area contributed by atoms with E-state index in [4.69, 9.17) is 10.5 Å². The van der Waals surface area contributed by atoms with E-state index in [9.17, 15) is 0 Å². The number of guanidine groups is 1. The Hall–Kier alpha value is -0.0400. The van der Waals surface area contributed by atoms with Crippen LogP contribution in [0.15, 0.2) is 4.99 Å². The molecule has 124 valence electrons. The summed E-state index contributed by atoms with van der Waals surface area (Å²) < 4.78 is 5.50. The van der Waals surface area contributed by atoms with E-state index in [1.807, 2.05) is 0 Å². The van der Waals surface area contributed by atoms with Crippen LogP contribution >= 0.6 is 24.0 Å². The molecule has 0 aromatic carbocycles. The summed E-state index contributed by atoms with van der Waals surface area (Å²) in [7, 11) is 0. The van der Waals surface area contributed by atoms with Crippen LogP contribution < -0.4 is 11.1 Å². The molecule has 5 heteroatoms. The SMILES string of the molecule is CCOCCC1(CN=C(N)NC2CCCCC2)CCC1.I. The van der Waals surface area contributed by atoms with E-state index < -0.39 is 0 Å². The molecule has 21 heavy (non-hydrogen) atoms. The van der Waals surface area contributed by atoms with E-state index in [1.54, 1.807) is 0 Å². The molecule has 0 radical (unpaired) electrons. The lowest BCUT2D eigenvalue weighted by molar-refractivity contribution is 0.0609. The molecular weight excluding hydrogens is 377 g/mol.